The van der Waals surface area contributed by atoms with Crippen LogP contribution in [-0.2, 0) is 22.3 Å². The molecule has 0 spiro atoms. The molecule has 4 rings (SSSR count). The van der Waals surface area contributed by atoms with E-state index in [1.165, 1.54) is 12.1 Å². The number of halogens is 3. The number of aliphatic imine (C=N–C) groups is 2. The molecule has 160 valence electrons. The molecule has 0 saturated heterocycles. The zero-order chi connectivity index (χ0) is 22.0. The van der Waals surface area contributed by atoms with Gasteiger partial charge in [0.2, 0.25) is 5.91 Å². The largest absolute Gasteiger partial charge is 0.416 e. The van der Waals surface area contributed by atoms with Crippen LogP contribution in [0, 0.1) is 17.8 Å². The average molecular weight is 427 g/mol. The maximum absolute atomic E-state index is 12.9. The second kappa shape index (κ2) is 8.45. The Balaban J connectivity index is 1.48. The van der Waals surface area contributed by atoms with Crippen molar-refractivity contribution in [2.75, 3.05) is 0 Å². The SMILES string of the molecule is O=C1N=C(C2CC=CCC2C(=O)NCc2cccc(C(F)(F)F)c2)N=C2C=CC=CC12. The van der Waals surface area contributed by atoms with Crippen molar-refractivity contribution in [3.05, 3.63) is 71.8 Å². The van der Waals surface area contributed by atoms with Crippen LogP contribution < -0.4 is 5.32 Å². The van der Waals surface area contributed by atoms with E-state index in [-0.39, 0.29) is 24.3 Å². The Kier molecular flexibility index (Phi) is 5.71. The summed E-state index contributed by atoms with van der Waals surface area (Å²) in [7, 11) is 0. The molecule has 1 heterocycles. The number of fused-ring (bicyclic) bond motifs is 1. The third kappa shape index (κ3) is 4.57. The van der Waals surface area contributed by atoms with Gasteiger partial charge in [0.05, 0.1) is 17.2 Å². The number of amides is 2. The lowest BCUT2D eigenvalue weighted by Crippen LogP contribution is -2.40. The van der Waals surface area contributed by atoms with Gasteiger partial charge in [-0.2, -0.15) is 18.2 Å². The molecule has 1 aromatic rings. The summed E-state index contributed by atoms with van der Waals surface area (Å²) in [5.74, 6) is -1.64. The van der Waals surface area contributed by atoms with Crippen LogP contribution in [0.4, 0.5) is 13.2 Å². The Labute approximate surface area is 177 Å². The van der Waals surface area contributed by atoms with Crippen LogP contribution in [0.1, 0.15) is 24.0 Å². The summed E-state index contributed by atoms with van der Waals surface area (Å²) in [5, 5.41) is 2.73. The highest BCUT2D eigenvalue weighted by Crippen LogP contribution is 2.31. The zero-order valence-corrected chi connectivity index (χ0v) is 16.5. The number of allylic oxidation sites excluding steroid dienone is 5. The Bertz CT molecular complexity index is 1050. The van der Waals surface area contributed by atoms with E-state index in [2.05, 4.69) is 15.3 Å². The Morgan fingerprint density at radius 2 is 1.94 bits per heavy atom. The predicted molar refractivity (Wildman–Crippen MR) is 110 cm³/mol. The molecule has 3 atom stereocenters. The highest BCUT2D eigenvalue weighted by Gasteiger charge is 2.36. The van der Waals surface area contributed by atoms with Crippen molar-refractivity contribution in [3.8, 4) is 0 Å². The number of nitrogens with one attached hydrogen (secondary N) is 1. The minimum Gasteiger partial charge on any atom is -0.352 e. The summed E-state index contributed by atoms with van der Waals surface area (Å²) in [6, 6.07) is 4.87. The highest BCUT2D eigenvalue weighted by atomic mass is 19.4. The van der Waals surface area contributed by atoms with E-state index in [9.17, 15) is 22.8 Å². The molecular weight excluding hydrogens is 407 g/mol. The van der Waals surface area contributed by atoms with E-state index < -0.39 is 23.6 Å². The second-order valence-electron chi connectivity index (χ2n) is 7.64. The fraction of sp³-hybridized carbons (Fsp3) is 0.304. The van der Waals surface area contributed by atoms with E-state index in [4.69, 9.17) is 0 Å². The van der Waals surface area contributed by atoms with Gasteiger partial charge in [-0.05, 0) is 36.6 Å². The van der Waals surface area contributed by atoms with Crippen LogP contribution in [0.15, 0.2) is 70.7 Å². The molecule has 0 bridgehead atoms. The minimum absolute atomic E-state index is 0.0226. The topological polar surface area (TPSA) is 70.9 Å². The maximum Gasteiger partial charge on any atom is 0.416 e. The van der Waals surface area contributed by atoms with Crippen LogP contribution in [0.2, 0.25) is 0 Å². The standard InChI is InChI=1S/C23H20F3N3O2/c24-23(25,26)15-7-5-6-14(12-15)13-27-21(30)17-9-2-1-8-16(17)20-28-19-11-4-3-10-18(19)22(31)29-20/h1-7,10-12,16-18H,8-9,13H2,(H,27,30). The summed E-state index contributed by atoms with van der Waals surface area (Å²) in [6.07, 6.45) is 7.39. The molecule has 31 heavy (non-hydrogen) atoms. The first kappa shape index (κ1) is 21.0. The van der Waals surface area contributed by atoms with E-state index in [0.717, 1.165) is 12.1 Å². The Morgan fingerprint density at radius 3 is 2.74 bits per heavy atom. The first-order valence-corrected chi connectivity index (χ1v) is 9.97. The Morgan fingerprint density at radius 1 is 1.13 bits per heavy atom. The van der Waals surface area contributed by atoms with Gasteiger partial charge >= 0.3 is 6.18 Å². The van der Waals surface area contributed by atoms with Gasteiger partial charge in [-0.25, -0.2) is 4.99 Å². The molecule has 0 fully saturated rings. The summed E-state index contributed by atoms with van der Waals surface area (Å²) < 4.78 is 38.7. The molecule has 1 aromatic carbocycles. The predicted octanol–water partition coefficient (Wildman–Crippen LogP) is 4.03. The lowest BCUT2D eigenvalue weighted by atomic mass is 9.80. The molecule has 0 aromatic heterocycles. The van der Waals surface area contributed by atoms with Crippen LogP contribution in [0.5, 0.6) is 0 Å². The van der Waals surface area contributed by atoms with E-state index in [1.54, 1.807) is 24.3 Å². The number of carbonyl (C=O) groups is 2. The molecule has 0 saturated carbocycles. The van der Waals surface area contributed by atoms with Crippen LogP contribution in [-0.4, -0.2) is 23.4 Å². The summed E-state index contributed by atoms with van der Waals surface area (Å²) in [5.41, 5.74) is 0.210. The number of rotatable bonds is 4. The number of nitrogens with zero attached hydrogens (tertiary/aromatic N) is 2. The fourth-order valence-corrected chi connectivity index (χ4v) is 3.92. The van der Waals surface area contributed by atoms with Gasteiger partial charge in [-0.1, -0.05) is 42.5 Å². The normalized spacial score (nSPS) is 25.0. The molecule has 1 aliphatic heterocycles. The first-order chi connectivity index (χ1) is 14.8. The van der Waals surface area contributed by atoms with Crippen molar-refractivity contribution >= 4 is 23.4 Å². The molecule has 3 aliphatic rings. The van der Waals surface area contributed by atoms with Gasteiger partial charge in [-0.3, -0.25) is 9.59 Å². The van der Waals surface area contributed by atoms with E-state index in [0.29, 0.717) is 30.0 Å². The van der Waals surface area contributed by atoms with Crippen LogP contribution in [0.25, 0.3) is 0 Å². The number of amidine groups is 1. The highest BCUT2D eigenvalue weighted by molar-refractivity contribution is 6.22. The van der Waals surface area contributed by atoms with Gasteiger partial charge in [0.1, 0.15) is 11.8 Å². The fourth-order valence-electron chi connectivity index (χ4n) is 3.92. The lowest BCUT2D eigenvalue weighted by Gasteiger charge is -2.29. The number of carbonyl (C=O) groups excluding carboxylic acids is 2. The molecule has 8 heteroatoms. The quantitative estimate of drug-likeness (QED) is 0.738. The van der Waals surface area contributed by atoms with Gasteiger partial charge in [0.15, 0.2) is 0 Å². The van der Waals surface area contributed by atoms with Crippen LogP contribution >= 0.6 is 0 Å². The number of hydrogen-bond donors (Lipinski definition) is 1. The zero-order valence-electron chi connectivity index (χ0n) is 16.5. The number of alkyl halides is 3. The second-order valence-corrected chi connectivity index (χ2v) is 7.64. The van der Waals surface area contributed by atoms with Crippen molar-refractivity contribution in [3.63, 3.8) is 0 Å². The smallest absolute Gasteiger partial charge is 0.352 e. The minimum atomic E-state index is -4.44. The molecule has 5 nitrogen and oxygen atoms in total. The van der Waals surface area contributed by atoms with E-state index in [1.807, 2.05) is 12.2 Å². The van der Waals surface area contributed by atoms with Crippen molar-refractivity contribution in [1.29, 1.82) is 0 Å². The molecule has 2 amide bonds. The summed E-state index contributed by atoms with van der Waals surface area (Å²) in [6.45, 7) is -0.0226. The first-order valence-electron chi connectivity index (χ1n) is 9.97. The van der Waals surface area contributed by atoms with Crippen molar-refractivity contribution in [1.82, 2.24) is 5.32 Å². The van der Waals surface area contributed by atoms with Gasteiger partial charge in [0, 0.05) is 12.5 Å². The molecule has 2 aliphatic carbocycles. The lowest BCUT2D eigenvalue weighted by molar-refractivity contribution is -0.137. The molecule has 0 radical (unpaired) electrons. The molecule has 3 unspecified atom stereocenters. The third-order valence-corrected chi connectivity index (χ3v) is 5.56. The monoisotopic (exact) mass is 427 g/mol. The van der Waals surface area contributed by atoms with Crippen molar-refractivity contribution < 1.29 is 22.8 Å². The Hall–Kier alpha value is -3.29. The third-order valence-electron chi connectivity index (χ3n) is 5.56. The maximum atomic E-state index is 12.9. The number of hydrogen-bond acceptors (Lipinski definition) is 3. The van der Waals surface area contributed by atoms with E-state index >= 15 is 0 Å². The van der Waals surface area contributed by atoms with Crippen LogP contribution in [0.3, 0.4) is 0 Å². The van der Waals surface area contributed by atoms with Gasteiger partial charge < -0.3 is 5.32 Å². The molecular formula is C23H20F3N3O2. The van der Waals surface area contributed by atoms with Crippen molar-refractivity contribution in [2.24, 2.45) is 27.7 Å². The molecule has 1 N–H and O–H groups in total. The number of benzene rings is 1. The van der Waals surface area contributed by atoms with Crippen molar-refractivity contribution in [2.45, 2.75) is 25.6 Å². The van der Waals surface area contributed by atoms with Gasteiger partial charge in [-0.15, -0.1) is 0 Å². The summed E-state index contributed by atoms with van der Waals surface area (Å²) >= 11 is 0. The average Bonchev–Trinajstić information content (AvgIpc) is 2.77. The summed E-state index contributed by atoms with van der Waals surface area (Å²) in [4.78, 5) is 34.0. The van der Waals surface area contributed by atoms with Gasteiger partial charge in [0.25, 0.3) is 5.91 Å².